The molecule has 2 rings (SSSR count). The van der Waals surface area contributed by atoms with Crippen LogP contribution in [0, 0.1) is 0 Å². The molecule has 0 bridgehead atoms. The number of hydrogen-bond acceptors (Lipinski definition) is 6. The first kappa shape index (κ1) is 23.9. The minimum atomic E-state index is -0.411. The molecule has 0 saturated heterocycles. The standard InChI is InChI=1S/C23H29N3O5/c1-5-26(15-22(28)25-19-8-6-7-9-20(19)30-4)14-21(27)24-18-12-10-17(11-13-18)23(29)31-16(2)3/h6-13,16H,5,14-15H2,1-4H3,(H,24,27)(H,25,28). The molecule has 31 heavy (non-hydrogen) atoms. The summed E-state index contributed by atoms with van der Waals surface area (Å²) >= 11 is 0. The summed E-state index contributed by atoms with van der Waals surface area (Å²) in [6, 6.07) is 13.6. The number of hydrogen-bond donors (Lipinski definition) is 2. The first-order valence-electron chi connectivity index (χ1n) is 10.1. The van der Waals surface area contributed by atoms with E-state index in [1.165, 1.54) is 7.11 Å². The number of benzene rings is 2. The van der Waals surface area contributed by atoms with Gasteiger partial charge in [0.1, 0.15) is 5.75 Å². The molecule has 8 heteroatoms. The second kappa shape index (κ2) is 11.7. The minimum Gasteiger partial charge on any atom is -0.495 e. The van der Waals surface area contributed by atoms with Gasteiger partial charge < -0.3 is 20.1 Å². The summed E-state index contributed by atoms with van der Waals surface area (Å²) < 4.78 is 10.4. The molecule has 0 radical (unpaired) electrons. The summed E-state index contributed by atoms with van der Waals surface area (Å²) in [6.45, 7) is 6.06. The Kier molecular flexibility index (Phi) is 9.02. The molecule has 166 valence electrons. The number of methoxy groups -OCH3 is 1. The van der Waals surface area contributed by atoms with Crippen LogP contribution >= 0.6 is 0 Å². The lowest BCUT2D eigenvalue weighted by Gasteiger charge is -2.20. The Balaban J connectivity index is 1.88. The molecular formula is C23H29N3O5. The van der Waals surface area contributed by atoms with Crippen LogP contribution in [0.1, 0.15) is 31.1 Å². The normalized spacial score (nSPS) is 10.6. The number of para-hydroxylation sites is 2. The van der Waals surface area contributed by atoms with Gasteiger partial charge in [-0.25, -0.2) is 4.79 Å². The zero-order valence-corrected chi connectivity index (χ0v) is 18.3. The fraction of sp³-hybridized carbons (Fsp3) is 0.348. The molecule has 0 fully saturated rings. The van der Waals surface area contributed by atoms with Crippen molar-refractivity contribution >= 4 is 29.2 Å². The maximum atomic E-state index is 12.4. The van der Waals surface area contributed by atoms with Crippen LogP contribution in [0.15, 0.2) is 48.5 Å². The Morgan fingerprint density at radius 2 is 1.55 bits per heavy atom. The first-order chi connectivity index (χ1) is 14.8. The molecule has 2 N–H and O–H groups in total. The number of anilines is 2. The molecular weight excluding hydrogens is 398 g/mol. The summed E-state index contributed by atoms with van der Waals surface area (Å²) in [7, 11) is 1.54. The van der Waals surface area contributed by atoms with E-state index in [0.717, 1.165) is 0 Å². The number of esters is 1. The van der Waals surface area contributed by atoms with Gasteiger partial charge in [-0.1, -0.05) is 19.1 Å². The smallest absolute Gasteiger partial charge is 0.338 e. The molecule has 0 unspecified atom stereocenters. The highest BCUT2D eigenvalue weighted by Crippen LogP contribution is 2.22. The Bertz CT molecular complexity index is 896. The monoisotopic (exact) mass is 427 g/mol. The van der Waals surface area contributed by atoms with Crippen molar-refractivity contribution in [3.63, 3.8) is 0 Å². The molecule has 8 nitrogen and oxygen atoms in total. The highest BCUT2D eigenvalue weighted by Gasteiger charge is 2.15. The predicted octanol–water partition coefficient (Wildman–Crippen LogP) is 3.16. The van der Waals surface area contributed by atoms with E-state index in [0.29, 0.717) is 29.2 Å². The van der Waals surface area contributed by atoms with Crippen LogP contribution in [0.4, 0.5) is 11.4 Å². The zero-order valence-electron chi connectivity index (χ0n) is 18.3. The summed E-state index contributed by atoms with van der Waals surface area (Å²) in [5.74, 6) is -0.347. The number of carbonyl (C=O) groups is 3. The van der Waals surface area contributed by atoms with Crippen molar-refractivity contribution in [2.75, 3.05) is 37.4 Å². The van der Waals surface area contributed by atoms with Crippen LogP contribution in [0.3, 0.4) is 0 Å². The third-order valence-corrected chi connectivity index (χ3v) is 4.31. The molecule has 0 aromatic heterocycles. The number of ether oxygens (including phenoxy) is 2. The van der Waals surface area contributed by atoms with E-state index in [2.05, 4.69) is 10.6 Å². The van der Waals surface area contributed by atoms with Crippen LogP contribution in [-0.2, 0) is 14.3 Å². The van der Waals surface area contributed by atoms with Gasteiger partial charge in [-0.15, -0.1) is 0 Å². The van der Waals surface area contributed by atoms with Crippen molar-refractivity contribution in [3.05, 3.63) is 54.1 Å². The predicted molar refractivity (Wildman–Crippen MR) is 119 cm³/mol. The fourth-order valence-corrected chi connectivity index (χ4v) is 2.80. The van der Waals surface area contributed by atoms with Crippen LogP contribution < -0.4 is 15.4 Å². The van der Waals surface area contributed by atoms with Gasteiger partial charge in [-0.2, -0.15) is 0 Å². The second-order valence-electron chi connectivity index (χ2n) is 7.13. The van der Waals surface area contributed by atoms with E-state index in [1.54, 1.807) is 61.2 Å². The molecule has 0 heterocycles. The van der Waals surface area contributed by atoms with Gasteiger partial charge >= 0.3 is 5.97 Å². The average molecular weight is 428 g/mol. The van der Waals surface area contributed by atoms with Gasteiger partial charge in [-0.05, 0) is 56.8 Å². The first-order valence-corrected chi connectivity index (χ1v) is 10.1. The Morgan fingerprint density at radius 3 is 2.13 bits per heavy atom. The largest absolute Gasteiger partial charge is 0.495 e. The Hall–Kier alpha value is -3.39. The third-order valence-electron chi connectivity index (χ3n) is 4.31. The molecule has 2 aromatic carbocycles. The Morgan fingerprint density at radius 1 is 0.935 bits per heavy atom. The molecule has 0 atom stereocenters. The lowest BCUT2D eigenvalue weighted by Crippen LogP contribution is -2.38. The minimum absolute atomic E-state index is 0.0486. The van der Waals surface area contributed by atoms with Crippen molar-refractivity contribution in [1.29, 1.82) is 0 Å². The third kappa shape index (κ3) is 7.75. The lowest BCUT2D eigenvalue weighted by atomic mass is 10.2. The molecule has 0 spiro atoms. The average Bonchev–Trinajstić information content (AvgIpc) is 2.73. The van der Waals surface area contributed by atoms with E-state index in [9.17, 15) is 14.4 Å². The quantitative estimate of drug-likeness (QED) is 0.566. The maximum Gasteiger partial charge on any atom is 0.338 e. The van der Waals surface area contributed by atoms with Gasteiger partial charge in [0.25, 0.3) is 0 Å². The van der Waals surface area contributed by atoms with E-state index in [-0.39, 0.29) is 31.0 Å². The number of carbonyl (C=O) groups excluding carboxylic acids is 3. The van der Waals surface area contributed by atoms with Crippen molar-refractivity contribution in [2.24, 2.45) is 0 Å². The summed E-state index contributed by atoms with van der Waals surface area (Å²) in [6.07, 6.45) is -0.202. The number of likely N-dealkylation sites (N-methyl/N-ethyl adjacent to an activating group) is 1. The van der Waals surface area contributed by atoms with Crippen molar-refractivity contribution < 1.29 is 23.9 Å². The molecule has 2 amide bonds. The lowest BCUT2D eigenvalue weighted by molar-refractivity contribution is -0.119. The van der Waals surface area contributed by atoms with Gasteiger partial charge in [-0.3, -0.25) is 14.5 Å². The van der Waals surface area contributed by atoms with Gasteiger partial charge in [0.15, 0.2) is 0 Å². The van der Waals surface area contributed by atoms with Crippen molar-refractivity contribution in [1.82, 2.24) is 4.90 Å². The topological polar surface area (TPSA) is 97.0 Å². The summed E-state index contributed by atoms with van der Waals surface area (Å²) in [4.78, 5) is 38.4. The molecule has 0 aliphatic rings. The van der Waals surface area contributed by atoms with Crippen molar-refractivity contribution in [2.45, 2.75) is 26.9 Å². The number of rotatable bonds is 10. The molecule has 0 saturated carbocycles. The van der Waals surface area contributed by atoms with Crippen LogP contribution in [0.25, 0.3) is 0 Å². The maximum absolute atomic E-state index is 12.4. The zero-order chi connectivity index (χ0) is 22.8. The summed E-state index contributed by atoms with van der Waals surface area (Å²) in [5, 5.41) is 5.57. The van der Waals surface area contributed by atoms with Gasteiger partial charge in [0.05, 0.1) is 37.6 Å². The van der Waals surface area contributed by atoms with Gasteiger partial charge in [0, 0.05) is 5.69 Å². The number of amides is 2. The van der Waals surface area contributed by atoms with E-state index in [1.807, 2.05) is 13.0 Å². The van der Waals surface area contributed by atoms with Crippen LogP contribution in [0.5, 0.6) is 5.75 Å². The van der Waals surface area contributed by atoms with Crippen LogP contribution in [0.2, 0.25) is 0 Å². The highest BCUT2D eigenvalue weighted by molar-refractivity contribution is 5.96. The molecule has 0 aliphatic carbocycles. The Labute approximate surface area is 182 Å². The van der Waals surface area contributed by atoms with Crippen LogP contribution in [-0.4, -0.2) is 55.5 Å². The van der Waals surface area contributed by atoms with E-state index in [4.69, 9.17) is 9.47 Å². The second-order valence-corrected chi connectivity index (χ2v) is 7.13. The highest BCUT2D eigenvalue weighted by atomic mass is 16.5. The summed E-state index contributed by atoms with van der Waals surface area (Å²) in [5.41, 5.74) is 1.54. The van der Waals surface area contributed by atoms with Crippen molar-refractivity contribution in [3.8, 4) is 5.75 Å². The number of nitrogens with one attached hydrogen (secondary N) is 2. The fourth-order valence-electron chi connectivity index (χ4n) is 2.80. The number of nitrogens with zero attached hydrogens (tertiary/aromatic N) is 1. The van der Waals surface area contributed by atoms with Gasteiger partial charge in [0.2, 0.25) is 11.8 Å². The molecule has 2 aromatic rings. The SMILES string of the molecule is CCN(CC(=O)Nc1ccc(C(=O)OC(C)C)cc1)CC(=O)Nc1ccccc1OC. The van der Waals surface area contributed by atoms with E-state index < -0.39 is 5.97 Å². The molecule has 0 aliphatic heterocycles. The van der Waals surface area contributed by atoms with E-state index >= 15 is 0 Å².